The lowest BCUT2D eigenvalue weighted by atomic mass is 9.89. The predicted octanol–water partition coefficient (Wildman–Crippen LogP) is 4.08. The summed E-state index contributed by atoms with van der Waals surface area (Å²) < 4.78 is 13.2. The monoisotopic (exact) mass is 377 g/mol. The van der Waals surface area contributed by atoms with Gasteiger partial charge in [-0.2, -0.15) is 5.26 Å². The second kappa shape index (κ2) is 9.18. The highest BCUT2D eigenvalue weighted by Gasteiger charge is 2.16. The number of carbonyl (C=O) groups is 1. The quantitative estimate of drug-likeness (QED) is 0.589. The number of nitriles is 1. The van der Waals surface area contributed by atoms with Crippen molar-refractivity contribution >= 4 is 5.91 Å². The Morgan fingerprint density at radius 3 is 2.75 bits per heavy atom. The predicted molar refractivity (Wildman–Crippen MR) is 107 cm³/mol. The zero-order valence-corrected chi connectivity index (χ0v) is 16.0. The first-order valence-electron chi connectivity index (χ1n) is 9.57. The lowest BCUT2D eigenvalue weighted by Crippen LogP contribution is -2.28. The van der Waals surface area contributed by atoms with Crippen LogP contribution in [0, 0.1) is 17.1 Å². The molecule has 2 aromatic rings. The average molecular weight is 377 g/mol. The first-order chi connectivity index (χ1) is 13.6. The van der Waals surface area contributed by atoms with Gasteiger partial charge < -0.3 is 10.6 Å². The maximum absolute atomic E-state index is 13.2. The summed E-state index contributed by atoms with van der Waals surface area (Å²) in [6, 6.07) is 14.3. The minimum absolute atomic E-state index is 0.0128. The van der Waals surface area contributed by atoms with Gasteiger partial charge in [0.1, 0.15) is 17.5 Å². The molecule has 2 N–H and O–H groups in total. The van der Waals surface area contributed by atoms with Crippen molar-refractivity contribution in [1.82, 2.24) is 10.6 Å². The van der Waals surface area contributed by atoms with Crippen LogP contribution in [0.1, 0.15) is 48.1 Å². The lowest BCUT2D eigenvalue weighted by molar-refractivity contribution is -0.117. The molecule has 5 heteroatoms. The van der Waals surface area contributed by atoms with Crippen molar-refractivity contribution in [1.29, 1.82) is 5.26 Å². The molecule has 0 aromatic heterocycles. The third-order valence-electron chi connectivity index (χ3n) is 5.03. The number of nitrogens with one attached hydrogen (secondary N) is 2. The number of rotatable bonds is 6. The van der Waals surface area contributed by atoms with Crippen LogP contribution < -0.4 is 10.6 Å². The third kappa shape index (κ3) is 4.98. The van der Waals surface area contributed by atoms with Crippen LogP contribution in [-0.4, -0.2) is 5.91 Å². The molecule has 3 rings (SSSR count). The molecular weight excluding hydrogens is 353 g/mol. The van der Waals surface area contributed by atoms with Gasteiger partial charge in [-0.3, -0.25) is 4.79 Å². The van der Waals surface area contributed by atoms with Crippen LogP contribution in [0.2, 0.25) is 0 Å². The zero-order chi connectivity index (χ0) is 19.9. The van der Waals surface area contributed by atoms with E-state index >= 15 is 0 Å². The molecule has 4 nitrogen and oxygen atoms in total. The summed E-state index contributed by atoms with van der Waals surface area (Å²) in [4.78, 5) is 12.4. The van der Waals surface area contributed by atoms with Gasteiger partial charge in [0.2, 0.25) is 0 Å². The molecule has 28 heavy (non-hydrogen) atoms. The van der Waals surface area contributed by atoms with E-state index in [2.05, 4.69) is 22.8 Å². The molecule has 1 atom stereocenters. The molecule has 0 spiro atoms. The van der Waals surface area contributed by atoms with Crippen LogP contribution in [0.15, 0.2) is 54.2 Å². The second-order valence-corrected chi connectivity index (χ2v) is 7.11. The minimum Gasteiger partial charge on any atom is -0.386 e. The molecule has 144 valence electrons. The summed E-state index contributed by atoms with van der Waals surface area (Å²) >= 11 is 0. The Kier molecular flexibility index (Phi) is 6.44. The molecule has 2 aromatic carbocycles. The van der Waals surface area contributed by atoms with Gasteiger partial charge in [-0.05, 0) is 67.0 Å². The molecule has 1 aliphatic rings. The van der Waals surface area contributed by atoms with E-state index in [0.717, 1.165) is 24.0 Å². The minimum atomic E-state index is -0.431. The molecule has 0 bridgehead atoms. The highest BCUT2D eigenvalue weighted by atomic mass is 19.1. The van der Waals surface area contributed by atoms with E-state index in [1.165, 1.54) is 42.3 Å². The summed E-state index contributed by atoms with van der Waals surface area (Å²) in [6.45, 7) is 2.24. The first kappa shape index (κ1) is 19.6. The number of benzene rings is 2. The Hall–Kier alpha value is -3.13. The lowest BCUT2D eigenvalue weighted by Gasteiger charge is -2.20. The molecule has 0 fully saturated rings. The Morgan fingerprint density at radius 2 is 2.00 bits per heavy atom. The fourth-order valence-corrected chi connectivity index (χ4v) is 3.45. The van der Waals surface area contributed by atoms with Gasteiger partial charge in [0.15, 0.2) is 0 Å². The van der Waals surface area contributed by atoms with E-state index in [1.54, 1.807) is 12.1 Å². The van der Waals surface area contributed by atoms with Gasteiger partial charge in [0.25, 0.3) is 5.91 Å². The summed E-state index contributed by atoms with van der Waals surface area (Å²) in [6.07, 6.45) is 6.01. The molecule has 1 unspecified atom stereocenters. The van der Waals surface area contributed by atoms with Gasteiger partial charge in [-0.1, -0.05) is 30.3 Å². The van der Waals surface area contributed by atoms with E-state index in [-0.39, 0.29) is 17.4 Å². The van der Waals surface area contributed by atoms with Gasteiger partial charge in [0, 0.05) is 12.7 Å². The van der Waals surface area contributed by atoms with Crippen molar-refractivity contribution < 1.29 is 9.18 Å². The molecular formula is C23H24FN3O. The number of halogens is 1. The number of amides is 1. The Morgan fingerprint density at radius 1 is 1.21 bits per heavy atom. The second-order valence-electron chi connectivity index (χ2n) is 7.11. The number of aryl methyl sites for hydroxylation is 2. The van der Waals surface area contributed by atoms with Crippen LogP contribution in [0.25, 0.3) is 0 Å². The van der Waals surface area contributed by atoms with E-state index in [9.17, 15) is 14.4 Å². The Balaban J connectivity index is 1.60. The first-order valence-corrected chi connectivity index (χ1v) is 9.57. The normalized spacial score (nSPS) is 14.5. The van der Waals surface area contributed by atoms with Crippen molar-refractivity contribution in [2.75, 3.05) is 0 Å². The average Bonchev–Trinajstić information content (AvgIpc) is 2.70. The largest absolute Gasteiger partial charge is 0.386 e. The number of fused-ring (bicyclic) bond motifs is 1. The maximum Gasteiger partial charge on any atom is 0.263 e. The summed E-state index contributed by atoms with van der Waals surface area (Å²) in [5.74, 6) is -0.750. The number of hydrogen-bond donors (Lipinski definition) is 2. The van der Waals surface area contributed by atoms with Crippen molar-refractivity contribution in [3.63, 3.8) is 0 Å². The number of hydrogen-bond acceptors (Lipinski definition) is 3. The summed E-state index contributed by atoms with van der Waals surface area (Å²) in [5, 5.41) is 15.1. The summed E-state index contributed by atoms with van der Waals surface area (Å²) in [5.41, 5.74) is 4.52. The van der Waals surface area contributed by atoms with Gasteiger partial charge in [0.05, 0.1) is 6.04 Å². The fourth-order valence-electron chi connectivity index (χ4n) is 3.45. The zero-order valence-electron chi connectivity index (χ0n) is 16.0. The van der Waals surface area contributed by atoms with Crippen molar-refractivity contribution in [2.24, 2.45) is 0 Å². The van der Waals surface area contributed by atoms with Crippen LogP contribution >= 0.6 is 0 Å². The van der Waals surface area contributed by atoms with E-state index < -0.39 is 5.91 Å². The molecule has 0 aliphatic heterocycles. The molecule has 1 aliphatic carbocycles. The molecule has 1 amide bonds. The van der Waals surface area contributed by atoms with E-state index in [4.69, 9.17) is 0 Å². The van der Waals surface area contributed by atoms with Gasteiger partial charge in [-0.25, -0.2) is 4.39 Å². The standard InChI is InChI=1S/C23H24FN3O/c1-16(19-10-9-18-6-2-3-7-20(18)12-19)27-23(28)21(13-25)15-26-14-17-5-4-8-22(24)11-17/h4-5,8-12,15-16,26H,2-3,6-7,14H2,1H3,(H,27,28)/b21-15-. The highest BCUT2D eigenvalue weighted by molar-refractivity contribution is 5.97. The van der Waals surface area contributed by atoms with Crippen LogP contribution in [0.5, 0.6) is 0 Å². The van der Waals surface area contributed by atoms with Crippen LogP contribution in [-0.2, 0) is 24.2 Å². The van der Waals surface area contributed by atoms with Gasteiger partial charge >= 0.3 is 0 Å². The third-order valence-corrected chi connectivity index (χ3v) is 5.03. The van der Waals surface area contributed by atoms with Crippen molar-refractivity contribution in [3.05, 3.63) is 82.3 Å². The molecule has 0 heterocycles. The maximum atomic E-state index is 13.2. The number of nitrogens with zero attached hydrogens (tertiary/aromatic N) is 1. The van der Waals surface area contributed by atoms with Crippen molar-refractivity contribution in [3.8, 4) is 6.07 Å². The van der Waals surface area contributed by atoms with Crippen molar-refractivity contribution in [2.45, 2.75) is 45.2 Å². The van der Waals surface area contributed by atoms with Crippen LogP contribution in [0.4, 0.5) is 4.39 Å². The number of carbonyl (C=O) groups excluding carboxylic acids is 1. The molecule has 0 saturated heterocycles. The molecule has 0 radical (unpaired) electrons. The Bertz CT molecular complexity index is 930. The fraction of sp³-hybridized carbons (Fsp3) is 0.304. The smallest absolute Gasteiger partial charge is 0.263 e. The molecule has 0 saturated carbocycles. The van der Waals surface area contributed by atoms with E-state index in [0.29, 0.717) is 6.54 Å². The Labute approximate surface area is 165 Å². The van der Waals surface area contributed by atoms with Gasteiger partial charge in [-0.15, -0.1) is 0 Å². The summed E-state index contributed by atoms with van der Waals surface area (Å²) in [7, 11) is 0. The highest BCUT2D eigenvalue weighted by Crippen LogP contribution is 2.24. The SMILES string of the molecule is CC(NC(=O)/C(C#N)=C\NCc1cccc(F)c1)c1ccc2c(c1)CCCC2. The topological polar surface area (TPSA) is 64.9 Å². The van der Waals surface area contributed by atoms with Crippen LogP contribution in [0.3, 0.4) is 0 Å². The van der Waals surface area contributed by atoms with E-state index in [1.807, 2.05) is 19.1 Å².